The summed E-state index contributed by atoms with van der Waals surface area (Å²) in [7, 11) is 0. The van der Waals surface area contributed by atoms with Gasteiger partial charge in [-0.05, 0) is 12.1 Å². The number of benzene rings is 2. The first kappa shape index (κ1) is 18.9. The lowest BCUT2D eigenvalue weighted by atomic mass is 10.1. The van der Waals surface area contributed by atoms with Crippen molar-refractivity contribution in [2.75, 3.05) is 0 Å². The Morgan fingerprint density at radius 3 is 2.35 bits per heavy atom. The number of imidazole rings is 1. The zero-order valence-electron chi connectivity index (χ0n) is 15.7. The quantitative estimate of drug-likeness (QED) is 0.361. The van der Waals surface area contributed by atoms with Gasteiger partial charge in [-0.15, -0.1) is 0 Å². The molecule has 0 bridgehead atoms. The maximum Gasteiger partial charge on any atom is 0.345 e. The van der Waals surface area contributed by atoms with Crippen molar-refractivity contribution in [3.05, 3.63) is 61.2 Å². The molecule has 0 radical (unpaired) electrons. The highest BCUT2D eigenvalue weighted by Crippen LogP contribution is 2.39. The minimum absolute atomic E-state index is 0.0453. The predicted molar refractivity (Wildman–Crippen MR) is 105 cm³/mol. The van der Waals surface area contributed by atoms with Crippen LogP contribution in [0.1, 0.15) is 0 Å². The third kappa shape index (κ3) is 3.19. The largest absolute Gasteiger partial charge is 0.421 e. The van der Waals surface area contributed by atoms with Crippen LogP contribution < -0.4 is 9.47 Å². The van der Waals surface area contributed by atoms with Gasteiger partial charge in [-0.2, -0.15) is 4.98 Å². The number of nitrogens with zero attached hydrogens (tertiary/aromatic N) is 4. The molecular weight excluding hydrogens is 404 g/mol. The molecule has 31 heavy (non-hydrogen) atoms. The second-order valence-corrected chi connectivity index (χ2v) is 6.73. The molecule has 154 valence electrons. The lowest BCUT2D eigenvalue weighted by molar-refractivity contribution is -0.162. The van der Waals surface area contributed by atoms with E-state index in [4.69, 9.17) is 9.47 Å². The fourth-order valence-corrected chi connectivity index (χ4v) is 3.23. The van der Waals surface area contributed by atoms with Crippen LogP contribution in [-0.2, 0) is 9.59 Å². The summed E-state index contributed by atoms with van der Waals surface area (Å²) in [5, 5.41) is 20.2. The van der Waals surface area contributed by atoms with E-state index in [1.54, 1.807) is 47.2 Å². The van der Waals surface area contributed by atoms with E-state index in [-0.39, 0.29) is 22.8 Å². The number of hydrogen-bond donors (Lipinski definition) is 2. The van der Waals surface area contributed by atoms with Crippen LogP contribution in [-0.4, -0.2) is 53.9 Å². The molecule has 2 N–H and O–H groups in total. The van der Waals surface area contributed by atoms with Crippen LogP contribution >= 0.6 is 0 Å². The molecule has 2 unspecified atom stereocenters. The van der Waals surface area contributed by atoms with E-state index < -0.39 is 24.1 Å². The topological polar surface area (TPSA) is 137 Å². The normalized spacial score (nSPS) is 18.6. The van der Waals surface area contributed by atoms with Crippen molar-refractivity contribution in [3.8, 4) is 28.7 Å². The van der Waals surface area contributed by atoms with E-state index >= 15 is 0 Å². The summed E-state index contributed by atoms with van der Waals surface area (Å²) in [6.07, 6.45) is 0.336. The van der Waals surface area contributed by atoms with Crippen LogP contribution in [0.25, 0.3) is 28.0 Å². The van der Waals surface area contributed by atoms with Crippen molar-refractivity contribution in [2.24, 2.45) is 0 Å². The van der Waals surface area contributed by atoms with E-state index in [2.05, 4.69) is 15.0 Å². The Kier molecular flexibility index (Phi) is 4.42. The fraction of sp³-hybridized carbons (Fsp3) is 0.0952. The highest BCUT2D eigenvalue weighted by molar-refractivity contribution is 5.99. The van der Waals surface area contributed by atoms with E-state index in [9.17, 15) is 19.8 Å². The number of aliphatic hydroxyl groups is 2. The van der Waals surface area contributed by atoms with Crippen molar-refractivity contribution < 1.29 is 29.3 Å². The van der Waals surface area contributed by atoms with Crippen molar-refractivity contribution >= 4 is 22.8 Å². The lowest BCUT2D eigenvalue weighted by Crippen LogP contribution is -2.43. The van der Waals surface area contributed by atoms with Crippen molar-refractivity contribution in [1.29, 1.82) is 0 Å². The lowest BCUT2D eigenvalue weighted by Gasteiger charge is -2.15. The van der Waals surface area contributed by atoms with Gasteiger partial charge in [0.2, 0.25) is 5.88 Å². The molecule has 2 aromatic heterocycles. The van der Waals surface area contributed by atoms with Crippen LogP contribution in [0.5, 0.6) is 11.6 Å². The fourth-order valence-electron chi connectivity index (χ4n) is 3.23. The second kappa shape index (κ2) is 7.27. The molecule has 0 spiro atoms. The Morgan fingerprint density at radius 2 is 1.65 bits per heavy atom. The molecule has 2 aromatic carbocycles. The highest BCUT2D eigenvalue weighted by Gasteiger charge is 2.37. The Labute approximate surface area is 174 Å². The third-order valence-corrected chi connectivity index (χ3v) is 4.76. The SMILES string of the molecule is O=C1Oc2nc(-c3ccccc3)nc3ccc(-n4ccnc4)c(c23)OC(=O)C(O)C1O. The van der Waals surface area contributed by atoms with Gasteiger partial charge in [0.05, 0.1) is 17.5 Å². The molecule has 1 aliphatic heterocycles. The van der Waals surface area contributed by atoms with Crippen LogP contribution in [0, 0.1) is 0 Å². The molecule has 10 nitrogen and oxygen atoms in total. The van der Waals surface area contributed by atoms with Crippen molar-refractivity contribution in [1.82, 2.24) is 19.5 Å². The predicted octanol–water partition coefficient (Wildman–Crippen LogP) is 1.03. The molecule has 0 saturated heterocycles. The summed E-state index contributed by atoms with van der Waals surface area (Å²) in [5.74, 6) is -2.47. The van der Waals surface area contributed by atoms with Gasteiger partial charge in [-0.25, -0.2) is 19.6 Å². The Balaban J connectivity index is 1.82. The van der Waals surface area contributed by atoms with Gasteiger partial charge in [0, 0.05) is 18.0 Å². The minimum atomic E-state index is -2.15. The van der Waals surface area contributed by atoms with Crippen molar-refractivity contribution in [3.63, 3.8) is 0 Å². The van der Waals surface area contributed by atoms with Crippen LogP contribution in [0.4, 0.5) is 0 Å². The van der Waals surface area contributed by atoms with Gasteiger partial charge in [0.1, 0.15) is 5.39 Å². The molecule has 5 rings (SSSR count). The van der Waals surface area contributed by atoms with Gasteiger partial charge < -0.3 is 24.3 Å². The van der Waals surface area contributed by atoms with Gasteiger partial charge in [0.25, 0.3) is 0 Å². The van der Waals surface area contributed by atoms with Gasteiger partial charge in [-0.1, -0.05) is 30.3 Å². The number of esters is 2. The molecular formula is C21H14N4O6. The molecule has 0 amide bonds. The summed E-state index contributed by atoms with van der Waals surface area (Å²) < 4.78 is 12.3. The average molecular weight is 418 g/mol. The van der Waals surface area contributed by atoms with E-state index in [1.165, 1.54) is 12.5 Å². The summed E-state index contributed by atoms with van der Waals surface area (Å²) >= 11 is 0. The van der Waals surface area contributed by atoms with Gasteiger partial charge in [-0.3, -0.25) is 0 Å². The first-order valence-corrected chi connectivity index (χ1v) is 9.21. The minimum Gasteiger partial charge on any atom is -0.421 e. The van der Waals surface area contributed by atoms with Gasteiger partial charge >= 0.3 is 11.9 Å². The number of carbonyl (C=O) groups excluding carboxylic acids is 2. The van der Waals surface area contributed by atoms with Crippen molar-refractivity contribution in [2.45, 2.75) is 12.2 Å². The number of hydrogen-bond acceptors (Lipinski definition) is 9. The number of ether oxygens (including phenoxy) is 2. The molecule has 0 aliphatic carbocycles. The maximum atomic E-state index is 12.4. The number of aromatic nitrogens is 4. The molecule has 2 atom stereocenters. The highest BCUT2D eigenvalue weighted by atomic mass is 16.6. The average Bonchev–Trinajstić information content (AvgIpc) is 3.33. The molecule has 1 aliphatic rings. The zero-order chi connectivity index (χ0) is 21.5. The Hall–Kier alpha value is -4.15. The van der Waals surface area contributed by atoms with E-state index in [1.807, 2.05) is 6.07 Å². The number of rotatable bonds is 2. The van der Waals surface area contributed by atoms with E-state index in [0.29, 0.717) is 16.8 Å². The van der Waals surface area contributed by atoms with Crippen LogP contribution in [0.15, 0.2) is 61.2 Å². The van der Waals surface area contributed by atoms with Crippen LogP contribution in [0.3, 0.4) is 0 Å². The summed E-state index contributed by atoms with van der Waals surface area (Å²) in [4.78, 5) is 37.6. The molecule has 0 fully saturated rings. The second-order valence-electron chi connectivity index (χ2n) is 6.73. The maximum absolute atomic E-state index is 12.4. The van der Waals surface area contributed by atoms with Crippen LogP contribution in [0.2, 0.25) is 0 Å². The first-order chi connectivity index (χ1) is 15.0. The molecule has 4 aromatic rings. The summed E-state index contributed by atoms with van der Waals surface area (Å²) in [6, 6.07) is 12.3. The van der Waals surface area contributed by atoms with E-state index in [0.717, 1.165) is 0 Å². The number of aliphatic hydroxyl groups excluding tert-OH is 2. The smallest absolute Gasteiger partial charge is 0.345 e. The molecule has 0 saturated carbocycles. The summed E-state index contributed by atoms with van der Waals surface area (Å²) in [6.45, 7) is 0. The standard InChI is InChI=1S/C21H14N4O6/c26-15-16(27)21(29)31-19-14-12(23-18(24-19)11-4-2-1-3-5-11)6-7-13(17(14)30-20(15)28)25-9-8-22-10-25/h1-10,15-16,26-27H. The van der Waals surface area contributed by atoms with Gasteiger partial charge in [0.15, 0.2) is 23.8 Å². The Morgan fingerprint density at radius 1 is 0.903 bits per heavy atom. The summed E-state index contributed by atoms with van der Waals surface area (Å²) in [5.41, 5.74) is 1.36. The first-order valence-electron chi connectivity index (χ1n) is 9.21. The molecule has 10 heteroatoms. The third-order valence-electron chi connectivity index (χ3n) is 4.76. The number of carbonyl (C=O) groups is 2. The Bertz CT molecular complexity index is 1310. The molecule has 3 heterocycles. The zero-order valence-corrected chi connectivity index (χ0v) is 15.7. The monoisotopic (exact) mass is 418 g/mol.